The quantitative estimate of drug-likeness (QED) is 0.429. The van der Waals surface area contributed by atoms with Gasteiger partial charge in [0.2, 0.25) is 5.88 Å². The maximum atomic E-state index is 15.0. The van der Waals surface area contributed by atoms with Gasteiger partial charge < -0.3 is 9.84 Å². The molecule has 0 aliphatic carbocycles. The van der Waals surface area contributed by atoms with Gasteiger partial charge in [0.1, 0.15) is 17.7 Å². The molecule has 1 atom stereocenters. The van der Waals surface area contributed by atoms with Crippen LogP contribution in [0.15, 0.2) is 59.6 Å². The molecule has 1 fully saturated rings. The van der Waals surface area contributed by atoms with E-state index in [0.29, 0.717) is 23.6 Å². The molecule has 35 heavy (non-hydrogen) atoms. The Morgan fingerprint density at radius 2 is 2.00 bits per heavy atom. The molecule has 0 saturated carbocycles. The van der Waals surface area contributed by atoms with Gasteiger partial charge in [-0.25, -0.2) is 9.37 Å². The number of rotatable bonds is 7. The first kappa shape index (κ1) is 23.8. The summed E-state index contributed by atoms with van der Waals surface area (Å²) >= 11 is 1.59. The van der Waals surface area contributed by atoms with Crippen LogP contribution in [-0.4, -0.2) is 53.2 Å². The number of nitrogens with zero attached hydrogens (tertiary/aromatic N) is 2. The molecule has 0 radical (unpaired) electrons. The highest BCUT2D eigenvalue weighted by atomic mass is 32.2. The number of thioether (sulfide) groups is 1. The Morgan fingerprint density at radius 3 is 2.77 bits per heavy atom. The summed E-state index contributed by atoms with van der Waals surface area (Å²) in [5, 5.41) is 10.0. The van der Waals surface area contributed by atoms with Crippen molar-refractivity contribution in [1.82, 2.24) is 9.88 Å². The number of fused-ring (bicyclic) bond motifs is 1. The highest BCUT2D eigenvalue weighted by Gasteiger charge is 2.26. The molecule has 2 aliphatic rings. The molecule has 4 nitrogen and oxygen atoms in total. The summed E-state index contributed by atoms with van der Waals surface area (Å²) < 4.78 is 33.6. The number of phenols is 1. The van der Waals surface area contributed by atoms with E-state index in [2.05, 4.69) is 9.88 Å². The number of likely N-dealkylation sites (tertiary alicyclic amines) is 1. The number of pyridine rings is 1. The predicted octanol–water partition coefficient (Wildman–Crippen LogP) is 6.11. The standard InChI is InChI=1S/C28H28F2N2O2S/c1-18-3-6-22(25(30)13-18)24-17-35-26-14-20(33)5-7-23(26)28(24)19-4-8-27(31-15-19)34-21-9-12-32(16-21)11-2-10-29/h3-8,13-15,21,33H,2,9-12,16-17H2,1H3/t21-/m0/s1. The van der Waals surface area contributed by atoms with Gasteiger partial charge in [-0.05, 0) is 72.4 Å². The fourth-order valence-corrected chi connectivity index (χ4v) is 5.91. The lowest BCUT2D eigenvalue weighted by molar-refractivity contribution is 0.191. The summed E-state index contributed by atoms with van der Waals surface area (Å²) in [4.78, 5) is 7.75. The van der Waals surface area contributed by atoms with Crippen molar-refractivity contribution in [3.8, 4) is 11.6 Å². The van der Waals surface area contributed by atoms with Gasteiger partial charge in [0, 0.05) is 53.7 Å². The van der Waals surface area contributed by atoms with Crippen LogP contribution in [0.2, 0.25) is 0 Å². The molecular weight excluding hydrogens is 466 g/mol. The Bertz CT molecular complexity index is 1250. The SMILES string of the molecule is Cc1ccc(C2=C(c3ccc(O[C@H]4CCN(CCCF)C4)nc3)c3ccc(O)cc3SC2)c(F)c1. The maximum absolute atomic E-state index is 15.0. The third-order valence-electron chi connectivity index (χ3n) is 6.51. The third-order valence-corrected chi connectivity index (χ3v) is 7.59. The number of aromatic nitrogens is 1. The van der Waals surface area contributed by atoms with Crippen LogP contribution in [-0.2, 0) is 0 Å². The first-order valence-corrected chi connectivity index (χ1v) is 12.9. The van der Waals surface area contributed by atoms with Crippen molar-refractivity contribution in [3.63, 3.8) is 0 Å². The van der Waals surface area contributed by atoms with E-state index in [1.165, 1.54) is 0 Å². The minimum absolute atomic E-state index is 0.0409. The van der Waals surface area contributed by atoms with Crippen molar-refractivity contribution < 1.29 is 18.6 Å². The summed E-state index contributed by atoms with van der Waals surface area (Å²) in [6.07, 6.45) is 3.26. The van der Waals surface area contributed by atoms with Gasteiger partial charge in [-0.1, -0.05) is 12.1 Å². The highest BCUT2D eigenvalue weighted by molar-refractivity contribution is 7.99. The van der Waals surface area contributed by atoms with Crippen LogP contribution in [0.25, 0.3) is 11.1 Å². The Balaban J connectivity index is 1.46. The van der Waals surface area contributed by atoms with Gasteiger partial charge in [0.15, 0.2) is 0 Å². The van der Waals surface area contributed by atoms with Gasteiger partial charge >= 0.3 is 0 Å². The van der Waals surface area contributed by atoms with Crippen molar-refractivity contribution >= 4 is 22.9 Å². The van der Waals surface area contributed by atoms with Gasteiger partial charge in [-0.3, -0.25) is 9.29 Å². The van der Waals surface area contributed by atoms with Crippen LogP contribution in [0.4, 0.5) is 8.78 Å². The van der Waals surface area contributed by atoms with Crippen molar-refractivity contribution in [3.05, 3.63) is 82.8 Å². The maximum Gasteiger partial charge on any atom is 0.213 e. The number of alkyl halides is 1. The minimum Gasteiger partial charge on any atom is -0.508 e. The van der Waals surface area contributed by atoms with Crippen molar-refractivity contribution in [2.24, 2.45) is 0 Å². The summed E-state index contributed by atoms with van der Waals surface area (Å²) in [6.45, 7) is 4.02. The van der Waals surface area contributed by atoms with Gasteiger partial charge in [-0.15, -0.1) is 11.8 Å². The van der Waals surface area contributed by atoms with Crippen molar-refractivity contribution in [2.45, 2.75) is 30.8 Å². The molecule has 2 aliphatic heterocycles. The Morgan fingerprint density at radius 1 is 1.14 bits per heavy atom. The zero-order valence-corrected chi connectivity index (χ0v) is 20.5. The molecule has 1 saturated heterocycles. The van der Waals surface area contributed by atoms with Crippen LogP contribution >= 0.6 is 11.8 Å². The predicted molar refractivity (Wildman–Crippen MR) is 136 cm³/mol. The minimum atomic E-state index is -0.295. The molecule has 2 aromatic carbocycles. The first-order valence-electron chi connectivity index (χ1n) is 11.9. The second-order valence-corrected chi connectivity index (χ2v) is 10.1. The fraction of sp³-hybridized carbons (Fsp3) is 0.321. The van der Waals surface area contributed by atoms with E-state index >= 15 is 4.39 Å². The van der Waals surface area contributed by atoms with Gasteiger partial charge in [0.25, 0.3) is 0 Å². The van der Waals surface area contributed by atoms with Crippen LogP contribution < -0.4 is 4.74 Å². The van der Waals surface area contributed by atoms with Crippen LogP contribution in [0, 0.1) is 12.7 Å². The number of aryl methyl sites for hydroxylation is 1. The molecule has 182 valence electrons. The Hall–Kier alpha value is -2.90. The number of phenolic OH excluding ortho intramolecular Hbond substituents is 1. The van der Waals surface area contributed by atoms with E-state index in [0.717, 1.165) is 58.8 Å². The molecule has 7 heteroatoms. The van der Waals surface area contributed by atoms with Crippen LogP contribution in [0.1, 0.15) is 35.1 Å². The molecular formula is C28H28F2N2O2S. The lowest BCUT2D eigenvalue weighted by Gasteiger charge is -2.24. The van der Waals surface area contributed by atoms with E-state index in [4.69, 9.17) is 4.74 Å². The smallest absolute Gasteiger partial charge is 0.213 e. The first-order chi connectivity index (χ1) is 17.0. The second kappa shape index (κ2) is 10.4. The summed E-state index contributed by atoms with van der Waals surface area (Å²) in [7, 11) is 0. The average Bonchev–Trinajstić information content (AvgIpc) is 3.30. The van der Waals surface area contributed by atoms with E-state index in [-0.39, 0.29) is 24.3 Å². The highest BCUT2D eigenvalue weighted by Crippen LogP contribution is 2.45. The molecule has 3 heterocycles. The monoisotopic (exact) mass is 494 g/mol. The summed E-state index contributed by atoms with van der Waals surface area (Å²) in [5.41, 5.74) is 5.09. The van der Waals surface area contributed by atoms with Crippen LogP contribution in [0.3, 0.4) is 0 Å². The fourth-order valence-electron chi connectivity index (χ4n) is 4.78. The lowest BCUT2D eigenvalue weighted by atomic mass is 9.90. The van der Waals surface area contributed by atoms with Gasteiger partial charge in [-0.2, -0.15) is 0 Å². The number of hydrogen-bond acceptors (Lipinski definition) is 5. The van der Waals surface area contributed by atoms with E-state index in [1.807, 2.05) is 37.3 Å². The van der Waals surface area contributed by atoms with Crippen molar-refractivity contribution in [2.75, 3.05) is 32.1 Å². The van der Waals surface area contributed by atoms with E-state index in [1.54, 1.807) is 36.2 Å². The second-order valence-electron chi connectivity index (χ2n) is 9.06. The molecule has 3 aromatic rings. The molecule has 0 unspecified atom stereocenters. The van der Waals surface area contributed by atoms with Crippen molar-refractivity contribution in [1.29, 1.82) is 0 Å². The van der Waals surface area contributed by atoms with Crippen LogP contribution in [0.5, 0.6) is 11.6 Å². The molecule has 0 bridgehead atoms. The number of aromatic hydroxyl groups is 1. The largest absolute Gasteiger partial charge is 0.508 e. The Kier molecular flexibility index (Phi) is 7.07. The number of benzene rings is 2. The number of hydrogen-bond donors (Lipinski definition) is 1. The number of halogens is 2. The average molecular weight is 495 g/mol. The summed E-state index contributed by atoms with van der Waals surface area (Å²) in [5.74, 6) is 1.10. The molecule has 0 spiro atoms. The molecule has 0 amide bonds. The zero-order chi connectivity index (χ0) is 24.4. The summed E-state index contributed by atoms with van der Waals surface area (Å²) in [6, 6.07) is 14.4. The van der Waals surface area contributed by atoms with Gasteiger partial charge in [0.05, 0.1) is 6.67 Å². The van der Waals surface area contributed by atoms with E-state index in [9.17, 15) is 9.50 Å². The normalized spacial score (nSPS) is 18.1. The third kappa shape index (κ3) is 5.21. The molecule has 1 aromatic heterocycles. The molecule has 5 rings (SSSR count). The number of ether oxygens (including phenoxy) is 1. The van der Waals surface area contributed by atoms with E-state index < -0.39 is 0 Å². The Labute approximate surface area is 208 Å². The zero-order valence-electron chi connectivity index (χ0n) is 19.6. The topological polar surface area (TPSA) is 45.6 Å². The lowest BCUT2D eigenvalue weighted by Crippen LogP contribution is -2.26. The molecule has 1 N–H and O–H groups in total.